The zero-order valence-electron chi connectivity index (χ0n) is 4.76. The number of hydrogen-bond acceptors (Lipinski definition) is 5. The molecule has 0 saturated heterocycles. The summed E-state index contributed by atoms with van der Waals surface area (Å²) in [5.74, 6) is 3.27. The van der Waals surface area contributed by atoms with E-state index in [1.165, 1.54) is 0 Å². The molecule has 0 aromatic heterocycles. The Morgan fingerprint density at radius 1 is 1.60 bits per heavy atom. The Balaban J connectivity index is 3.56. The van der Waals surface area contributed by atoms with Crippen LogP contribution in [0.1, 0.15) is 0 Å². The summed E-state index contributed by atoms with van der Waals surface area (Å²) in [5, 5.41) is 0. The van der Waals surface area contributed by atoms with Crippen molar-refractivity contribution >= 4 is 13.8 Å². The number of carbonyl (C=O) groups is 1. The molecule has 0 bridgehead atoms. The fourth-order valence-electron chi connectivity index (χ4n) is 0.171. The van der Waals surface area contributed by atoms with Gasteiger partial charge in [-0.25, -0.2) is 9.36 Å². The Labute approximate surface area is 55.9 Å². The molecule has 8 heteroatoms. The van der Waals surface area contributed by atoms with Gasteiger partial charge in [0.1, 0.15) is 0 Å². The van der Waals surface area contributed by atoms with Crippen LogP contribution in [0.25, 0.3) is 0 Å². The molecule has 7 nitrogen and oxygen atoms in total. The quantitative estimate of drug-likeness (QED) is 0.349. The first kappa shape index (κ1) is 9.54. The molecule has 10 heavy (non-hydrogen) atoms. The van der Waals surface area contributed by atoms with Gasteiger partial charge in [-0.05, 0) is 0 Å². The van der Waals surface area contributed by atoms with Crippen molar-refractivity contribution in [3.05, 3.63) is 0 Å². The van der Waals surface area contributed by atoms with Crippen molar-refractivity contribution in [1.82, 2.24) is 0 Å². The third-order valence-corrected chi connectivity index (χ3v) is 0.947. The second kappa shape index (κ2) is 3.65. The van der Waals surface area contributed by atoms with Crippen molar-refractivity contribution in [1.29, 1.82) is 0 Å². The molecule has 0 rings (SSSR count). The fourth-order valence-corrected chi connectivity index (χ4v) is 0.444. The topological polar surface area (TPSA) is 119 Å². The first-order chi connectivity index (χ1) is 4.45. The molecule has 0 aliphatic carbocycles. The first-order valence-corrected chi connectivity index (χ1v) is 3.58. The Bertz CT molecular complexity index is 161. The van der Waals surface area contributed by atoms with E-state index in [9.17, 15) is 9.36 Å². The Morgan fingerprint density at radius 3 is 2.40 bits per heavy atom. The highest BCUT2D eigenvalue weighted by molar-refractivity contribution is 7.46. The molecule has 0 amide bonds. The fraction of sp³-hybridized carbons (Fsp3) is 0.500. The first-order valence-electron chi connectivity index (χ1n) is 2.05. The molecular formula is C2H6NO6P. The van der Waals surface area contributed by atoms with Gasteiger partial charge in [-0.2, -0.15) is 5.90 Å². The average molecular weight is 171 g/mol. The Hall–Kier alpha value is -0.460. The van der Waals surface area contributed by atoms with Crippen molar-refractivity contribution in [3.8, 4) is 0 Å². The van der Waals surface area contributed by atoms with E-state index in [4.69, 9.17) is 9.79 Å². The summed E-state index contributed by atoms with van der Waals surface area (Å²) in [7, 11) is -4.59. The van der Waals surface area contributed by atoms with Crippen molar-refractivity contribution in [3.63, 3.8) is 0 Å². The highest BCUT2D eigenvalue weighted by atomic mass is 31.2. The molecule has 0 spiro atoms. The minimum absolute atomic E-state index is 0.860. The zero-order chi connectivity index (χ0) is 8.20. The van der Waals surface area contributed by atoms with Gasteiger partial charge in [0.15, 0.2) is 6.61 Å². The Kier molecular flexibility index (Phi) is 3.48. The smallest absolute Gasteiger partial charge is 0.372 e. The van der Waals surface area contributed by atoms with E-state index in [0.29, 0.717) is 0 Å². The number of phosphoric ester groups is 1. The molecule has 0 aliphatic rings. The zero-order valence-corrected chi connectivity index (χ0v) is 5.65. The van der Waals surface area contributed by atoms with E-state index in [1.807, 2.05) is 0 Å². The molecule has 0 fully saturated rings. The van der Waals surface area contributed by atoms with Gasteiger partial charge in [-0.3, -0.25) is 4.52 Å². The molecule has 0 heterocycles. The van der Waals surface area contributed by atoms with Gasteiger partial charge >= 0.3 is 13.8 Å². The van der Waals surface area contributed by atoms with Crippen LogP contribution >= 0.6 is 7.82 Å². The summed E-state index contributed by atoms with van der Waals surface area (Å²) in [4.78, 5) is 29.6. The lowest BCUT2D eigenvalue weighted by Crippen LogP contribution is -2.15. The predicted molar refractivity (Wildman–Crippen MR) is 28.3 cm³/mol. The van der Waals surface area contributed by atoms with E-state index in [-0.39, 0.29) is 0 Å². The minimum Gasteiger partial charge on any atom is -0.372 e. The third kappa shape index (κ3) is 5.67. The van der Waals surface area contributed by atoms with Crippen LogP contribution in [0.3, 0.4) is 0 Å². The highest BCUT2D eigenvalue weighted by Crippen LogP contribution is 2.35. The maximum Gasteiger partial charge on any atom is 0.470 e. The third-order valence-electron chi connectivity index (χ3n) is 0.482. The van der Waals surface area contributed by atoms with Crippen LogP contribution in [0.5, 0.6) is 0 Å². The van der Waals surface area contributed by atoms with E-state index < -0.39 is 20.4 Å². The van der Waals surface area contributed by atoms with Crippen LogP contribution in [0, 0.1) is 0 Å². The van der Waals surface area contributed by atoms with Gasteiger partial charge in [0.05, 0.1) is 0 Å². The molecule has 60 valence electrons. The standard InChI is InChI=1S/C2H6NO6P/c3-9-2(4)1-8-10(5,6)7/h1,3H2,(H2,5,6,7). The maximum atomic E-state index is 10.0. The van der Waals surface area contributed by atoms with Crippen LogP contribution in [0.4, 0.5) is 0 Å². The minimum atomic E-state index is -4.59. The number of rotatable bonds is 3. The van der Waals surface area contributed by atoms with Gasteiger partial charge in [0.25, 0.3) is 0 Å². The molecule has 0 atom stereocenters. The predicted octanol–water partition coefficient (Wildman–Crippen LogP) is -1.49. The van der Waals surface area contributed by atoms with Crippen LogP contribution in [-0.4, -0.2) is 22.4 Å². The van der Waals surface area contributed by atoms with Crippen molar-refractivity contribution in [2.75, 3.05) is 6.61 Å². The molecule has 0 aliphatic heterocycles. The number of phosphoric acid groups is 1. The normalized spacial score (nSPS) is 11.1. The lowest BCUT2D eigenvalue weighted by Gasteiger charge is -2.01. The molecule has 4 N–H and O–H groups in total. The summed E-state index contributed by atoms with van der Waals surface area (Å²) >= 11 is 0. The van der Waals surface area contributed by atoms with Crippen molar-refractivity contribution in [2.45, 2.75) is 0 Å². The molecule has 0 aromatic rings. The summed E-state index contributed by atoms with van der Waals surface area (Å²) in [5.41, 5.74) is 0. The van der Waals surface area contributed by atoms with Gasteiger partial charge in [-0.1, -0.05) is 0 Å². The van der Waals surface area contributed by atoms with Crippen molar-refractivity contribution in [2.24, 2.45) is 5.90 Å². The van der Waals surface area contributed by atoms with Gasteiger partial charge in [-0.15, -0.1) is 0 Å². The van der Waals surface area contributed by atoms with Crippen LogP contribution in [-0.2, 0) is 18.7 Å². The monoisotopic (exact) mass is 171 g/mol. The number of carbonyl (C=O) groups excluding carboxylic acids is 1. The largest absolute Gasteiger partial charge is 0.470 e. The lowest BCUT2D eigenvalue weighted by molar-refractivity contribution is -0.147. The van der Waals surface area contributed by atoms with Crippen molar-refractivity contribution < 1.29 is 28.5 Å². The number of hydrogen-bond donors (Lipinski definition) is 3. The Morgan fingerprint density at radius 2 is 2.10 bits per heavy atom. The summed E-state index contributed by atoms with van der Waals surface area (Å²) in [6, 6.07) is 0. The number of nitrogens with two attached hydrogens (primary N) is 1. The van der Waals surface area contributed by atoms with Gasteiger partial charge < -0.3 is 14.6 Å². The second-order valence-electron chi connectivity index (χ2n) is 1.25. The van der Waals surface area contributed by atoms with Gasteiger partial charge in [0, 0.05) is 0 Å². The van der Waals surface area contributed by atoms with Gasteiger partial charge in [0.2, 0.25) is 0 Å². The van der Waals surface area contributed by atoms with Crippen LogP contribution in [0.15, 0.2) is 0 Å². The van der Waals surface area contributed by atoms with E-state index in [2.05, 4.69) is 15.3 Å². The molecule has 0 aromatic carbocycles. The summed E-state index contributed by atoms with van der Waals surface area (Å²) < 4.78 is 13.6. The summed E-state index contributed by atoms with van der Waals surface area (Å²) in [6.07, 6.45) is 0. The van der Waals surface area contributed by atoms with E-state index in [0.717, 1.165) is 0 Å². The second-order valence-corrected chi connectivity index (χ2v) is 2.49. The average Bonchev–Trinajstić information content (AvgIpc) is 1.81. The van der Waals surface area contributed by atoms with E-state index >= 15 is 0 Å². The van der Waals surface area contributed by atoms with E-state index in [1.54, 1.807) is 0 Å². The molecule has 0 unspecified atom stereocenters. The lowest BCUT2D eigenvalue weighted by atomic mass is 10.8. The van der Waals surface area contributed by atoms with Crippen LogP contribution in [0.2, 0.25) is 0 Å². The van der Waals surface area contributed by atoms with Crippen LogP contribution < -0.4 is 5.90 Å². The SMILES string of the molecule is NOC(=O)COP(=O)(O)O. The highest BCUT2D eigenvalue weighted by Gasteiger charge is 2.16. The maximum absolute atomic E-state index is 10.0. The summed E-state index contributed by atoms with van der Waals surface area (Å²) in [6.45, 7) is -0.860. The molecule has 0 radical (unpaired) electrons. The molecular weight excluding hydrogens is 165 g/mol. The molecule has 0 saturated carbocycles.